The van der Waals surface area contributed by atoms with Crippen LogP contribution < -0.4 is 4.72 Å². The molecule has 2 rings (SSSR count). The van der Waals surface area contributed by atoms with E-state index in [1.807, 2.05) is 41.8 Å². The molecule has 0 radical (unpaired) electrons. The van der Waals surface area contributed by atoms with Gasteiger partial charge < -0.3 is 0 Å². The van der Waals surface area contributed by atoms with Gasteiger partial charge in [0.25, 0.3) is 0 Å². The Hall–Kier alpha value is -1.21. The zero-order valence-electron chi connectivity index (χ0n) is 14.3. The van der Waals surface area contributed by atoms with Crippen LogP contribution in [-0.2, 0) is 16.4 Å². The van der Waals surface area contributed by atoms with Crippen LogP contribution in [-0.4, -0.2) is 38.7 Å². The third kappa shape index (κ3) is 5.70. The van der Waals surface area contributed by atoms with E-state index in [0.29, 0.717) is 13.0 Å². The first kappa shape index (κ1) is 19.1. The summed E-state index contributed by atoms with van der Waals surface area (Å²) in [5.74, 6) is 0.117. The number of aryl methyl sites for hydroxylation is 1. The van der Waals surface area contributed by atoms with Crippen molar-refractivity contribution in [3.05, 3.63) is 58.3 Å². The number of thiophene rings is 1. The number of hydrogen-bond acceptors (Lipinski definition) is 4. The lowest BCUT2D eigenvalue weighted by Crippen LogP contribution is -2.38. The minimum Gasteiger partial charge on any atom is -0.295 e. The summed E-state index contributed by atoms with van der Waals surface area (Å²) < 4.78 is 27.5. The van der Waals surface area contributed by atoms with E-state index < -0.39 is 10.0 Å². The summed E-state index contributed by atoms with van der Waals surface area (Å²) in [5, 5.41) is 2.04. The SMILES string of the molecule is CCN(CC)C(CNS(=O)(=O)CCc1ccccc1)c1cccs1. The lowest BCUT2D eigenvalue weighted by molar-refractivity contribution is 0.223. The van der Waals surface area contributed by atoms with E-state index in [2.05, 4.69) is 29.5 Å². The van der Waals surface area contributed by atoms with E-state index >= 15 is 0 Å². The first-order valence-electron chi connectivity index (χ1n) is 8.34. The third-order valence-electron chi connectivity index (χ3n) is 4.12. The van der Waals surface area contributed by atoms with Gasteiger partial charge in [0.1, 0.15) is 0 Å². The number of hydrogen-bond donors (Lipinski definition) is 1. The van der Waals surface area contributed by atoms with Gasteiger partial charge in [0.05, 0.1) is 11.8 Å². The second-order valence-corrected chi connectivity index (χ2v) is 8.56. The predicted octanol–water partition coefficient (Wildman–Crippen LogP) is 3.29. The number of nitrogens with one attached hydrogen (secondary N) is 1. The van der Waals surface area contributed by atoms with E-state index in [1.165, 1.54) is 4.88 Å². The maximum atomic E-state index is 12.4. The molecule has 132 valence electrons. The van der Waals surface area contributed by atoms with E-state index in [4.69, 9.17) is 0 Å². The Morgan fingerprint density at radius 3 is 2.38 bits per heavy atom. The Balaban J connectivity index is 1.97. The molecule has 24 heavy (non-hydrogen) atoms. The summed E-state index contributed by atoms with van der Waals surface area (Å²) in [6.45, 7) is 6.41. The molecule has 6 heteroatoms. The normalized spacial score (nSPS) is 13.3. The highest BCUT2D eigenvalue weighted by Crippen LogP contribution is 2.24. The molecule has 0 spiro atoms. The van der Waals surface area contributed by atoms with Crippen molar-refractivity contribution in [2.45, 2.75) is 26.3 Å². The van der Waals surface area contributed by atoms with Crippen LogP contribution in [0.2, 0.25) is 0 Å². The molecular weight excluding hydrogens is 340 g/mol. The monoisotopic (exact) mass is 366 g/mol. The summed E-state index contributed by atoms with van der Waals surface area (Å²) in [4.78, 5) is 3.48. The van der Waals surface area contributed by atoms with Gasteiger partial charge in [0, 0.05) is 11.4 Å². The molecule has 1 atom stereocenters. The second kappa shape index (κ2) is 9.32. The van der Waals surface area contributed by atoms with Crippen molar-refractivity contribution in [2.24, 2.45) is 0 Å². The topological polar surface area (TPSA) is 49.4 Å². The maximum absolute atomic E-state index is 12.4. The fourth-order valence-corrected chi connectivity index (χ4v) is 4.65. The molecule has 0 amide bonds. The first-order valence-corrected chi connectivity index (χ1v) is 10.9. The van der Waals surface area contributed by atoms with Crippen LogP contribution in [0.15, 0.2) is 47.8 Å². The zero-order valence-corrected chi connectivity index (χ0v) is 15.9. The standard InChI is InChI=1S/C18H26N2O2S2/c1-3-20(4-2)17(18-11-8-13-23-18)15-19-24(21,22)14-12-16-9-6-5-7-10-16/h5-11,13,17,19H,3-4,12,14-15H2,1-2H3. The Kier molecular flexibility index (Phi) is 7.42. The molecule has 0 aliphatic carbocycles. The van der Waals surface area contributed by atoms with E-state index in [0.717, 1.165) is 18.7 Å². The Morgan fingerprint density at radius 2 is 1.79 bits per heavy atom. The van der Waals surface area contributed by atoms with Crippen molar-refractivity contribution in [1.29, 1.82) is 0 Å². The summed E-state index contributed by atoms with van der Waals surface area (Å²) in [5.41, 5.74) is 1.04. The molecule has 2 aromatic rings. The van der Waals surface area contributed by atoms with Crippen LogP contribution in [0.4, 0.5) is 0 Å². The van der Waals surface area contributed by atoms with Crippen LogP contribution in [0.1, 0.15) is 30.3 Å². The lowest BCUT2D eigenvalue weighted by atomic mass is 10.2. The highest BCUT2D eigenvalue weighted by molar-refractivity contribution is 7.89. The lowest BCUT2D eigenvalue weighted by Gasteiger charge is -2.29. The van der Waals surface area contributed by atoms with Crippen LogP contribution in [0.5, 0.6) is 0 Å². The van der Waals surface area contributed by atoms with Gasteiger partial charge in [-0.15, -0.1) is 11.3 Å². The number of nitrogens with zero attached hydrogens (tertiary/aromatic N) is 1. The summed E-state index contributed by atoms with van der Waals surface area (Å²) in [7, 11) is -3.29. The van der Waals surface area contributed by atoms with Crippen LogP contribution >= 0.6 is 11.3 Å². The van der Waals surface area contributed by atoms with Gasteiger partial charge in [0.15, 0.2) is 0 Å². The van der Waals surface area contributed by atoms with Crippen molar-refractivity contribution in [1.82, 2.24) is 9.62 Å². The molecule has 0 aliphatic rings. The van der Waals surface area contributed by atoms with Gasteiger partial charge in [0.2, 0.25) is 10.0 Å². The maximum Gasteiger partial charge on any atom is 0.211 e. The molecule has 0 fully saturated rings. The van der Waals surface area contributed by atoms with Crippen LogP contribution in [0, 0.1) is 0 Å². The average molecular weight is 367 g/mol. The molecule has 0 bridgehead atoms. The predicted molar refractivity (Wildman–Crippen MR) is 102 cm³/mol. The minimum atomic E-state index is -3.29. The fourth-order valence-electron chi connectivity index (χ4n) is 2.73. The summed E-state index contributed by atoms with van der Waals surface area (Å²) >= 11 is 1.67. The van der Waals surface area contributed by atoms with Crippen molar-refractivity contribution in [3.8, 4) is 0 Å². The fraction of sp³-hybridized carbons (Fsp3) is 0.444. The van der Waals surface area contributed by atoms with E-state index in [9.17, 15) is 8.42 Å². The molecule has 1 unspecified atom stereocenters. The summed E-state index contributed by atoms with van der Waals surface area (Å²) in [6.07, 6.45) is 0.533. The third-order valence-corrected chi connectivity index (χ3v) is 6.45. The van der Waals surface area contributed by atoms with Crippen molar-refractivity contribution < 1.29 is 8.42 Å². The highest BCUT2D eigenvalue weighted by Gasteiger charge is 2.21. The van der Waals surface area contributed by atoms with Gasteiger partial charge in [-0.1, -0.05) is 50.2 Å². The number of benzene rings is 1. The summed E-state index contributed by atoms with van der Waals surface area (Å²) in [6, 6.07) is 13.9. The first-order chi connectivity index (χ1) is 11.6. The number of likely N-dealkylation sites (N-methyl/N-ethyl adjacent to an activating group) is 1. The Labute approximate surface area is 149 Å². The van der Waals surface area contributed by atoms with Gasteiger partial charge in [-0.3, -0.25) is 4.90 Å². The van der Waals surface area contributed by atoms with Crippen LogP contribution in [0.25, 0.3) is 0 Å². The second-order valence-electron chi connectivity index (χ2n) is 5.66. The van der Waals surface area contributed by atoms with Crippen molar-refractivity contribution >= 4 is 21.4 Å². The Morgan fingerprint density at radius 1 is 1.08 bits per heavy atom. The molecule has 1 aromatic carbocycles. The molecule has 1 heterocycles. The van der Waals surface area contributed by atoms with Gasteiger partial charge in [-0.25, -0.2) is 13.1 Å². The molecule has 0 aliphatic heterocycles. The number of sulfonamides is 1. The minimum absolute atomic E-state index is 0.0894. The Bertz CT molecular complexity index is 681. The molecular formula is C18H26N2O2S2. The van der Waals surface area contributed by atoms with Gasteiger partial charge in [-0.2, -0.15) is 0 Å². The molecule has 1 N–H and O–H groups in total. The zero-order chi connectivity index (χ0) is 17.4. The molecule has 1 aromatic heterocycles. The van der Waals surface area contributed by atoms with Gasteiger partial charge in [-0.05, 0) is 36.5 Å². The smallest absolute Gasteiger partial charge is 0.211 e. The van der Waals surface area contributed by atoms with E-state index in [1.54, 1.807) is 11.3 Å². The molecule has 0 saturated heterocycles. The highest BCUT2D eigenvalue weighted by atomic mass is 32.2. The van der Waals surface area contributed by atoms with Crippen LogP contribution in [0.3, 0.4) is 0 Å². The average Bonchev–Trinajstić information content (AvgIpc) is 3.12. The van der Waals surface area contributed by atoms with E-state index in [-0.39, 0.29) is 11.8 Å². The van der Waals surface area contributed by atoms with Gasteiger partial charge >= 0.3 is 0 Å². The largest absolute Gasteiger partial charge is 0.295 e. The number of rotatable bonds is 10. The molecule has 4 nitrogen and oxygen atoms in total. The molecule has 0 saturated carbocycles. The quantitative estimate of drug-likeness (QED) is 0.702. The van der Waals surface area contributed by atoms with Crippen molar-refractivity contribution in [3.63, 3.8) is 0 Å². The van der Waals surface area contributed by atoms with Crippen molar-refractivity contribution in [2.75, 3.05) is 25.4 Å².